The SMILES string of the molecule is O=C(Nc1ccccc1C(F)(F)F)c1cc(NCc2ccccc2)ccn1. The van der Waals surface area contributed by atoms with Crippen molar-refractivity contribution in [2.75, 3.05) is 10.6 Å². The summed E-state index contributed by atoms with van der Waals surface area (Å²) >= 11 is 0. The summed E-state index contributed by atoms with van der Waals surface area (Å²) in [4.78, 5) is 16.3. The van der Waals surface area contributed by atoms with Gasteiger partial charge in [-0.1, -0.05) is 42.5 Å². The van der Waals surface area contributed by atoms with Gasteiger partial charge in [-0.25, -0.2) is 0 Å². The maximum atomic E-state index is 13.1. The summed E-state index contributed by atoms with van der Waals surface area (Å²) in [5.41, 5.74) is 0.503. The average molecular weight is 371 g/mol. The van der Waals surface area contributed by atoms with E-state index in [0.29, 0.717) is 12.2 Å². The van der Waals surface area contributed by atoms with Gasteiger partial charge in [-0.3, -0.25) is 9.78 Å². The molecule has 1 amide bonds. The van der Waals surface area contributed by atoms with Crippen LogP contribution >= 0.6 is 0 Å². The smallest absolute Gasteiger partial charge is 0.381 e. The third-order valence-corrected chi connectivity index (χ3v) is 3.81. The minimum Gasteiger partial charge on any atom is -0.381 e. The van der Waals surface area contributed by atoms with Crippen LogP contribution in [0.25, 0.3) is 0 Å². The van der Waals surface area contributed by atoms with E-state index in [1.54, 1.807) is 6.07 Å². The molecule has 0 fully saturated rings. The summed E-state index contributed by atoms with van der Waals surface area (Å²) in [6.45, 7) is 0.544. The van der Waals surface area contributed by atoms with E-state index in [0.717, 1.165) is 11.6 Å². The molecule has 0 radical (unpaired) electrons. The van der Waals surface area contributed by atoms with Gasteiger partial charge in [-0.05, 0) is 29.8 Å². The summed E-state index contributed by atoms with van der Waals surface area (Å²) < 4.78 is 39.2. The van der Waals surface area contributed by atoms with E-state index in [-0.39, 0.29) is 11.4 Å². The van der Waals surface area contributed by atoms with Crippen molar-refractivity contribution in [3.05, 3.63) is 89.7 Å². The number of halogens is 3. The van der Waals surface area contributed by atoms with Crippen molar-refractivity contribution >= 4 is 17.3 Å². The number of amides is 1. The molecule has 0 saturated carbocycles. The maximum absolute atomic E-state index is 13.1. The first-order valence-electron chi connectivity index (χ1n) is 8.15. The summed E-state index contributed by atoms with van der Waals surface area (Å²) in [7, 11) is 0. The molecule has 1 heterocycles. The molecule has 0 aliphatic carbocycles. The zero-order valence-electron chi connectivity index (χ0n) is 14.1. The van der Waals surface area contributed by atoms with Gasteiger partial charge in [0.25, 0.3) is 5.91 Å². The molecule has 27 heavy (non-hydrogen) atoms. The molecule has 0 atom stereocenters. The summed E-state index contributed by atoms with van der Waals surface area (Å²) in [5.74, 6) is -0.713. The number of nitrogens with zero attached hydrogens (tertiary/aromatic N) is 1. The molecule has 0 aliphatic heterocycles. The predicted molar refractivity (Wildman–Crippen MR) is 97.4 cm³/mol. The van der Waals surface area contributed by atoms with E-state index in [1.807, 2.05) is 30.3 Å². The van der Waals surface area contributed by atoms with Crippen molar-refractivity contribution in [2.24, 2.45) is 0 Å². The molecule has 2 aromatic carbocycles. The number of alkyl halides is 3. The Labute approximate surface area is 154 Å². The highest BCUT2D eigenvalue weighted by Gasteiger charge is 2.33. The molecular weight excluding hydrogens is 355 g/mol. The summed E-state index contributed by atoms with van der Waals surface area (Å²) in [5, 5.41) is 5.44. The van der Waals surface area contributed by atoms with Crippen LogP contribution in [-0.4, -0.2) is 10.9 Å². The van der Waals surface area contributed by atoms with E-state index in [2.05, 4.69) is 15.6 Å². The first kappa shape index (κ1) is 18.4. The standard InChI is InChI=1S/C20H16F3N3O/c21-20(22,23)16-8-4-5-9-17(16)26-19(27)18-12-15(10-11-24-18)25-13-14-6-2-1-3-7-14/h1-12H,13H2,(H,24,25)(H,26,27). The Morgan fingerprint density at radius 3 is 2.41 bits per heavy atom. The molecule has 7 heteroatoms. The molecule has 0 saturated heterocycles. The first-order chi connectivity index (χ1) is 12.9. The number of anilines is 2. The van der Waals surface area contributed by atoms with Gasteiger partial charge in [-0.15, -0.1) is 0 Å². The lowest BCUT2D eigenvalue weighted by Crippen LogP contribution is -2.17. The van der Waals surface area contributed by atoms with E-state index >= 15 is 0 Å². The largest absolute Gasteiger partial charge is 0.418 e. The second-order valence-corrected chi connectivity index (χ2v) is 5.77. The third kappa shape index (κ3) is 4.84. The number of benzene rings is 2. The Kier molecular flexibility index (Phi) is 5.40. The first-order valence-corrected chi connectivity index (χ1v) is 8.15. The highest BCUT2D eigenvalue weighted by Crippen LogP contribution is 2.34. The number of aromatic nitrogens is 1. The lowest BCUT2D eigenvalue weighted by atomic mass is 10.1. The highest BCUT2D eigenvalue weighted by atomic mass is 19.4. The fraction of sp³-hybridized carbons (Fsp3) is 0.100. The van der Waals surface area contributed by atoms with E-state index < -0.39 is 17.6 Å². The molecule has 0 unspecified atom stereocenters. The minimum atomic E-state index is -4.56. The van der Waals surface area contributed by atoms with Crippen LogP contribution in [0.15, 0.2) is 72.9 Å². The maximum Gasteiger partial charge on any atom is 0.418 e. The molecule has 2 N–H and O–H groups in total. The Bertz CT molecular complexity index is 927. The fourth-order valence-electron chi connectivity index (χ4n) is 2.49. The lowest BCUT2D eigenvalue weighted by Gasteiger charge is -2.13. The third-order valence-electron chi connectivity index (χ3n) is 3.81. The van der Waals surface area contributed by atoms with Crippen LogP contribution in [0.2, 0.25) is 0 Å². The fourth-order valence-corrected chi connectivity index (χ4v) is 2.49. The molecule has 3 rings (SSSR count). The van der Waals surface area contributed by atoms with Gasteiger partial charge in [0.05, 0.1) is 11.3 Å². The lowest BCUT2D eigenvalue weighted by molar-refractivity contribution is -0.136. The van der Waals surface area contributed by atoms with E-state index in [4.69, 9.17) is 0 Å². The van der Waals surface area contributed by atoms with Crippen LogP contribution in [0.1, 0.15) is 21.6 Å². The normalized spacial score (nSPS) is 11.1. The molecule has 0 aliphatic rings. The molecule has 3 aromatic rings. The summed E-state index contributed by atoms with van der Waals surface area (Å²) in [6, 6.07) is 17.7. The van der Waals surface area contributed by atoms with Crippen LogP contribution in [0.5, 0.6) is 0 Å². The monoisotopic (exact) mass is 371 g/mol. The van der Waals surface area contributed by atoms with Crippen molar-refractivity contribution in [2.45, 2.75) is 12.7 Å². The van der Waals surface area contributed by atoms with Gasteiger partial charge < -0.3 is 10.6 Å². The predicted octanol–water partition coefficient (Wildman–Crippen LogP) is 4.96. The second kappa shape index (κ2) is 7.90. The number of nitrogens with one attached hydrogen (secondary N) is 2. The number of carbonyl (C=O) groups is 1. The average Bonchev–Trinajstić information content (AvgIpc) is 2.67. The van der Waals surface area contributed by atoms with Crippen molar-refractivity contribution in [1.29, 1.82) is 0 Å². The van der Waals surface area contributed by atoms with Gasteiger partial charge in [0, 0.05) is 18.4 Å². The second-order valence-electron chi connectivity index (χ2n) is 5.77. The van der Waals surface area contributed by atoms with Crippen molar-refractivity contribution < 1.29 is 18.0 Å². The highest BCUT2D eigenvalue weighted by molar-refractivity contribution is 6.03. The minimum absolute atomic E-state index is 0.0186. The van der Waals surface area contributed by atoms with Gasteiger partial charge >= 0.3 is 6.18 Å². The van der Waals surface area contributed by atoms with Gasteiger partial charge in [-0.2, -0.15) is 13.2 Å². The molecule has 4 nitrogen and oxygen atoms in total. The number of pyridine rings is 1. The van der Waals surface area contributed by atoms with Gasteiger partial charge in [0.1, 0.15) is 5.69 Å². The molecule has 0 bridgehead atoms. The van der Waals surface area contributed by atoms with Crippen molar-refractivity contribution in [1.82, 2.24) is 4.98 Å². The molecular formula is C20H16F3N3O. The quantitative estimate of drug-likeness (QED) is 0.666. The number of hydrogen-bond donors (Lipinski definition) is 2. The number of hydrogen-bond acceptors (Lipinski definition) is 3. The van der Waals surface area contributed by atoms with Crippen LogP contribution < -0.4 is 10.6 Å². The van der Waals surface area contributed by atoms with Gasteiger partial charge in [0.2, 0.25) is 0 Å². The number of para-hydroxylation sites is 1. The van der Waals surface area contributed by atoms with Crippen molar-refractivity contribution in [3.63, 3.8) is 0 Å². The Morgan fingerprint density at radius 1 is 0.963 bits per heavy atom. The Balaban J connectivity index is 1.73. The van der Waals surface area contributed by atoms with Crippen LogP contribution in [0.3, 0.4) is 0 Å². The summed E-state index contributed by atoms with van der Waals surface area (Å²) in [6.07, 6.45) is -3.13. The van der Waals surface area contributed by atoms with Crippen LogP contribution in [-0.2, 0) is 12.7 Å². The Hall–Kier alpha value is -3.35. The van der Waals surface area contributed by atoms with Crippen LogP contribution in [0, 0.1) is 0 Å². The van der Waals surface area contributed by atoms with E-state index in [9.17, 15) is 18.0 Å². The van der Waals surface area contributed by atoms with Gasteiger partial charge in [0.15, 0.2) is 0 Å². The van der Waals surface area contributed by atoms with E-state index in [1.165, 1.54) is 30.5 Å². The van der Waals surface area contributed by atoms with Crippen LogP contribution in [0.4, 0.5) is 24.5 Å². The topological polar surface area (TPSA) is 54.0 Å². The number of carbonyl (C=O) groups excluding carboxylic acids is 1. The zero-order chi connectivity index (χ0) is 19.3. The molecule has 138 valence electrons. The molecule has 0 spiro atoms. The molecule has 1 aromatic heterocycles. The zero-order valence-corrected chi connectivity index (χ0v) is 14.1. The van der Waals surface area contributed by atoms with Crippen molar-refractivity contribution in [3.8, 4) is 0 Å². The Morgan fingerprint density at radius 2 is 1.67 bits per heavy atom. The number of rotatable bonds is 5.